The predicted molar refractivity (Wildman–Crippen MR) is 138 cm³/mol. The minimum Gasteiger partial charge on any atom is -0.466 e. The number of carbonyl (C=O) groups excluding carboxylic acids is 3. The minimum absolute atomic E-state index is 0.0217. The highest BCUT2D eigenvalue weighted by Gasteiger charge is 2.66. The van der Waals surface area contributed by atoms with Crippen molar-refractivity contribution >= 4 is 17.9 Å². The number of hydrogen-bond acceptors (Lipinski definition) is 7. The molecule has 4 aliphatic rings. The second-order valence-electron chi connectivity index (χ2n) is 13.0. The second-order valence-corrected chi connectivity index (χ2v) is 13.0. The summed E-state index contributed by atoms with van der Waals surface area (Å²) in [6.07, 6.45) is 6.61. The first-order valence-electron chi connectivity index (χ1n) is 14.6. The number of fused-ring (bicyclic) bond motifs is 5. The van der Waals surface area contributed by atoms with Gasteiger partial charge in [-0.15, -0.1) is 0 Å². The molecule has 4 rings (SSSR count). The van der Waals surface area contributed by atoms with E-state index in [1.165, 1.54) is 13.8 Å². The van der Waals surface area contributed by atoms with E-state index in [4.69, 9.17) is 14.2 Å². The first-order valence-corrected chi connectivity index (χ1v) is 14.6. The molecule has 0 aliphatic heterocycles. The van der Waals surface area contributed by atoms with Crippen molar-refractivity contribution in [3.63, 3.8) is 0 Å². The van der Waals surface area contributed by atoms with Crippen LogP contribution < -0.4 is 0 Å². The Morgan fingerprint density at radius 3 is 2.32 bits per heavy atom. The third-order valence-corrected chi connectivity index (χ3v) is 11.2. The third-order valence-electron chi connectivity index (χ3n) is 11.2. The van der Waals surface area contributed by atoms with Gasteiger partial charge in [0.05, 0.1) is 12.7 Å². The molecule has 210 valence electrons. The lowest BCUT2D eigenvalue weighted by Gasteiger charge is -2.64. The molecular weight excluding hydrogens is 472 g/mol. The molecule has 4 aliphatic carbocycles. The quantitative estimate of drug-likeness (QED) is 0.370. The standard InChI is InChI=1S/C30H48O7/c1-7-35-27(34)11-8-17(2)22-9-10-23-28-24(16-26(33)30(22,23)6)29(5)13-12-21(36-18(3)31)14-20(29)15-25(28)37-19(4)32/h17,20-26,28,33H,7-16H2,1-6H3/t17-,20-,21+,22-,23+,24-,25+,26-,28+,29+,30+/m0/s1. The van der Waals surface area contributed by atoms with Crippen LogP contribution in [0.2, 0.25) is 0 Å². The molecule has 0 saturated heterocycles. The van der Waals surface area contributed by atoms with Crippen molar-refractivity contribution in [3.8, 4) is 0 Å². The molecule has 7 nitrogen and oxygen atoms in total. The van der Waals surface area contributed by atoms with Crippen molar-refractivity contribution in [1.29, 1.82) is 0 Å². The van der Waals surface area contributed by atoms with Gasteiger partial charge in [-0.25, -0.2) is 0 Å². The Bertz CT molecular complexity index is 872. The summed E-state index contributed by atoms with van der Waals surface area (Å²) < 4.78 is 16.8. The molecule has 0 spiro atoms. The maximum Gasteiger partial charge on any atom is 0.305 e. The molecule has 1 N–H and O–H groups in total. The maximum absolute atomic E-state index is 12.3. The van der Waals surface area contributed by atoms with Crippen molar-refractivity contribution in [2.24, 2.45) is 46.3 Å². The van der Waals surface area contributed by atoms with Crippen LogP contribution in [0.25, 0.3) is 0 Å². The summed E-state index contributed by atoms with van der Waals surface area (Å²) in [7, 11) is 0. The van der Waals surface area contributed by atoms with E-state index in [0.717, 1.165) is 44.9 Å². The van der Waals surface area contributed by atoms with Crippen molar-refractivity contribution < 1.29 is 33.7 Å². The molecule has 0 radical (unpaired) electrons. The molecule has 0 aromatic rings. The number of ether oxygens (including phenoxy) is 3. The van der Waals surface area contributed by atoms with Gasteiger partial charge in [0.1, 0.15) is 12.2 Å². The summed E-state index contributed by atoms with van der Waals surface area (Å²) in [6.45, 7) is 12.0. The van der Waals surface area contributed by atoms with Crippen LogP contribution in [-0.2, 0) is 28.6 Å². The fraction of sp³-hybridized carbons (Fsp3) is 0.900. The molecule has 0 aromatic heterocycles. The van der Waals surface area contributed by atoms with Crippen molar-refractivity contribution in [1.82, 2.24) is 0 Å². The number of esters is 3. The number of aliphatic hydroxyl groups excluding tert-OH is 1. The van der Waals surface area contributed by atoms with E-state index in [1.807, 2.05) is 6.92 Å². The first-order chi connectivity index (χ1) is 17.4. The predicted octanol–water partition coefficient (Wildman–Crippen LogP) is 5.07. The highest BCUT2D eigenvalue weighted by Crippen LogP contribution is 2.68. The van der Waals surface area contributed by atoms with E-state index in [1.54, 1.807) is 0 Å². The Balaban J connectivity index is 1.59. The second kappa shape index (κ2) is 10.9. The maximum atomic E-state index is 12.3. The molecule has 0 amide bonds. The van der Waals surface area contributed by atoms with Crippen LogP contribution in [0.15, 0.2) is 0 Å². The van der Waals surface area contributed by atoms with Crippen molar-refractivity contribution in [2.45, 2.75) is 118 Å². The van der Waals surface area contributed by atoms with Gasteiger partial charge in [-0.2, -0.15) is 0 Å². The van der Waals surface area contributed by atoms with E-state index in [9.17, 15) is 19.5 Å². The molecule has 37 heavy (non-hydrogen) atoms. The van der Waals surface area contributed by atoms with E-state index in [2.05, 4.69) is 20.8 Å². The van der Waals surface area contributed by atoms with Gasteiger partial charge in [0.15, 0.2) is 0 Å². The highest BCUT2D eigenvalue weighted by molar-refractivity contribution is 5.69. The number of carbonyl (C=O) groups is 3. The zero-order valence-corrected chi connectivity index (χ0v) is 23.7. The van der Waals surface area contributed by atoms with Crippen molar-refractivity contribution in [2.75, 3.05) is 6.61 Å². The SMILES string of the molecule is CCOC(=O)CC[C@H](C)[C@@H]1CC[C@@H]2[C@H]3[C@H](OC(C)=O)C[C@@H]4C[C@H](OC(C)=O)CC[C@@]4(C)[C@H]3C[C@H](O)[C@@]21C. The summed E-state index contributed by atoms with van der Waals surface area (Å²) in [5.41, 5.74) is -0.250. The molecule has 7 heteroatoms. The Hall–Kier alpha value is -1.63. The Labute approximate surface area is 222 Å². The molecular formula is C30H48O7. The van der Waals surface area contributed by atoms with Gasteiger partial charge < -0.3 is 19.3 Å². The van der Waals surface area contributed by atoms with E-state index >= 15 is 0 Å². The average molecular weight is 521 g/mol. The van der Waals surface area contributed by atoms with Crippen LogP contribution in [-0.4, -0.2) is 47.9 Å². The van der Waals surface area contributed by atoms with Gasteiger partial charge in [-0.1, -0.05) is 20.8 Å². The molecule has 4 fully saturated rings. The molecule has 0 bridgehead atoms. The molecule has 0 heterocycles. The summed E-state index contributed by atoms with van der Waals surface area (Å²) in [5.74, 6) is 1.00. The van der Waals surface area contributed by atoms with Gasteiger partial charge in [0.25, 0.3) is 0 Å². The van der Waals surface area contributed by atoms with E-state index in [-0.39, 0.29) is 64.6 Å². The molecule has 0 aromatic carbocycles. The van der Waals surface area contributed by atoms with E-state index < -0.39 is 6.10 Å². The smallest absolute Gasteiger partial charge is 0.305 e. The van der Waals surface area contributed by atoms with Gasteiger partial charge in [0.2, 0.25) is 0 Å². The van der Waals surface area contributed by atoms with Crippen LogP contribution in [0, 0.1) is 46.3 Å². The summed E-state index contributed by atoms with van der Waals surface area (Å²) in [4.78, 5) is 35.9. The molecule has 4 saturated carbocycles. The number of hydrogen-bond donors (Lipinski definition) is 1. The lowest BCUT2D eigenvalue weighted by atomic mass is 9.43. The Morgan fingerprint density at radius 2 is 1.68 bits per heavy atom. The summed E-state index contributed by atoms with van der Waals surface area (Å²) in [5, 5.41) is 11.8. The van der Waals surface area contributed by atoms with Gasteiger partial charge >= 0.3 is 17.9 Å². The average Bonchev–Trinajstić information content (AvgIpc) is 3.17. The van der Waals surface area contributed by atoms with Crippen LogP contribution in [0.5, 0.6) is 0 Å². The third kappa shape index (κ3) is 5.18. The molecule has 11 atom stereocenters. The largest absolute Gasteiger partial charge is 0.466 e. The zero-order valence-electron chi connectivity index (χ0n) is 23.7. The topological polar surface area (TPSA) is 99.1 Å². The van der Waals surface area contributed by atoms with Crippen LogP contribution in [0.4, 0.5) is 0 Å². The fourth-order valence-electron chi connectivity index (χ4n) is 9.55. The normalized spacial score (nSPS) is 43.5. The highest BCUT2D eigenvalue weighted by atomic mass is 16.5. The van der Waals surface area contributed by atoms with Crippen LogP contribution in [0.3, 0.4) is 0 Å². The Morgan fingerprint density at radius 1 is 0.973 bits per heavy atom. The van der Waals surface area contributed by atoms with Gasteiger partial charge in [-0.05, 0) is 98.7 Å². The molecule has 0 unspecified atom stereocenters. The zero-order chi connectivity index (χ0) is 27.1. The summed E-state index contributed by atoms with van der Waals surface area (Å²) in [6, 6.07) is 0. The lowest BCUT2D eigenvalue weighted by molar-refractivity contribution is -0.218. The fourth-order valence-corrected chi connectivity index (χ4v) is 9.55. The van der Waals surface area contributed by atoms with Crippen LogP contribution >= 0.6 is 0 Å². The monoisotopic (exact) mass is 520 g/mol. The number of aliphatic hydroxyl groups is 1. The van der Waals surface area contributed by atoms with Gasteiger partial charge in [-0.3, -0.25) is 14.4 Å². The first kappa shape index (κ1) is 28.4. The van der Waals surface area contributed by atoms with E-state index in [0.29, 0.717) is 31.3 Å². The lowest BCUT2D eigenvalue weighted by Crippen LogP contribution is -2.63. The van der Waals surface area contributed by atoms with Gasteiger partial charge in [0, 0.05) is 26.2 Å². The summed E-state index contributed by atoms with van der Waals surface area (Å²) >= 11 is 0. The number of rotatable bonds is 7. The van der Waals surface area contributed by atoms with Crippen LogP contribution in [0.1, 0.15) is 99.3 Å². The van der Waals surface area contributed by atoms with Crippen molar-refractivity contribution in [3.05, 3.63) is 0 Å². The Kier molecular flexibility index (Phi) is 8.33. The minimum atomic E-state index is -0.434.